The zero-order valence-corrected chi connectivity index (χ0v) is 15.4. The molecule has 1 N–H and O–H groups in total. The number of benzene rings is 2. The maximum atomic E-state index is 12.9. The molecule has 25 heavy (non-hydrogen) atoms. The molecule has 1 saturated carbocycles. The van der Waals surface area contributed by atoms with Crippen LogP contribution >= 0.6 is 0 Å². The summed E-state index contributed by atoms with van der Waals surface area (Å²) in [4.78, 5) is 12.5. The van der Waals surface area contributed by atoms with Crippen molar-refractivity contribution in [2.24, 2.45) is 0 Å². The molecule has 0 bridgehead atoms. The Kier molecular flexibility index (Phi) is 4.56. The molecule has 132 valence electrons. The highest BCUT2D eigenvalue weighted by atomic mass is 32.2. The summed E-state index contributed by atoms with van der Waals surface area (Å²) in [7, 11) is -2.17. The number of nitrogens with one attached hydrogen (secondary N) is 1. The Bertz CT molecular complexity index is 901. The molecule has 0 atom stereocenters. The summed E-state index contributed by atoms with van der Waals surface area (Å²) in [6.45, 7) is 3.74. The van der Waals surface area contributed by atoms with Gasteiger partial charge < -0.3 is 5.32 Å². The van der Waals surface area contributed by atoms with Gasteiger partial charge in [0.25, 0.3) is 15.9 Å². The molecule has 1 amide bonds. The van der Waals surface area contributed by atoms with E-state index in [-0.39, 0.29) is 16.8 Å². The lowest BCUT2D eigenvalue weighted by molar-refractivity contribution is 0.0951. The van der Waals surface area contributed by atoms with Crippen LogP contribution in [0.1, 0.15) is 34.3 Å². The predicted molar refractivity (Wildman–Crippen MR) is 98.4 cm³/mol. The number of anilines is 1. The average molecular weight is 358 g/mol. The number of amides is 1. The SMILES string of the molecule is Cc1ccc(S(=O)(=O)N(C)c2cc(C(=O)NC3CC3)ccc2C)cc1. The lowest BCUT2D eigenvalue weighted by Crippen LogP contribution is -2.29. The van der Waals surface area contributed by atoms with Gasteiger partial charge in [0.05, 0.1) is 10.6 Å². The summed E-state index contributed by atoms with van der Waals surface area (Å²) in [5.41, 5.74) is 2.76. The molecule has 2 aromatic rings. The number of nitrogens with zero attached hydrogens (tertiary/aromatic N) is 1. The summed E-state index contributed by atoms with van der Waals surface area (Å²) in [6.07, 6.45) is 2.01. The number of aryl methyl sites for hydroxylation is 2. The van der Waals surface area contributed by atoms with Gasteiger partial charge in [-0.1, -0.05) is 23.8 Å². The first-order chi connectivity index (χ1) is 11.8. The number of sulfonamides is 1. The van der Waals surface area contributed by atoms with Crippen molar-refractivity contribution < 1.29 is 13.2 Å². The smallest absolute Gasteiger partial charge is 0.264 e. The lowest BCUT2D eigenvalue weighted by Gasteiger charge is -2.22. The Morgan fingerprint density at radius 3 is 2.32 bits per heavy atom. The normalized spacial score (nSPS) is 14.2. The van der Waals surface area contributed by atoms with E-state index in [2.05, 4.69) is 5.32 Å². The summed E-state index contributed by atoms with van der Waals surface area (Å²) < 4.78 is 27.0. The molecule has 1 aliphatic rings. The van der Waals surface area contributed by atoms with Crippen molar-refractivity contribution >= 4 is 21.6 Å². The first-order valence-electron chi connectivity index (χ1n) is 8.26. The van der Waals surface area contributed by atoms with Crippen molar-refractivity contribution in [2.45, 2.75) is 37.6 Å². The first kappa shape index (κ1) is 17.5. The van der Waals surface area contributed by atoms with E-state index in [1.807, 2.05) is 13.8 Å². The largest absolute Gasteiger partial charge is 0.349 e. The number of hydrogen-bond acceptors (Lipinski definition) is 3. The fraction of sp³-hybridized carbons (Fsp3) is 0.316. The van der Waals surface area contributed by atoms with Crippen LogP contribution < -0.4 is 9.62 Å². The Morgan fingerprint density at radius 2 is 1.72 bits per heavy atom. The van der Waals surface area contributed by atoms with Crippen LogP contribution in [0.25, 0.3) is 0 Å². The molecule has 6 heteroatoms. The molecule has 1 fully saturated rings. The van der Waals surface area contributed by atoms with Crippen LogP contribution in [0, 0.1) is 13.8 Å². The lowest BCUT2D eigenvalue weighted by atomic mass is 10.1. The Hall–Kier alpha value is -2.34. The van der Waals surface area contributed by atoms with Crippen molar-refractivity contribution in [3.8, 4) is 0 Å². The molecule has 0 aliphatic heterocycles. The minimum Gasteiger partial charge on any atom is -0.349 e. The minimum absolute atomic E-state index is 0.162. The van der Waals surface area contributed by atoms with E-state index in [1.54, 1.807) is 42.5 Å². The van der Waals surface area contributed by atoms with Crippen molar-refractivity contribution in [3.05, 3.63) is 59.2 Å². The quantitative estimate of drug-likeness (QED) is 0.893. The number of carbonyl (C=O) groups excluding carboxylic acids is 1. The van der Waals surface area contributed by atoms with Crippen LogP contribution in [0.3, 0.4) is 0 Å². The van der Waals surface area contributed by atoms with Crippen molar-refractivity contribution in [1.82, 2.24) is 5.32 Å². The highest BCUT2D eigenvalue weighted by Gasteiger charge is 2.26. The molecule has 5 nitrogen and oxygen atoms in total. The summed E-state index contributed by atoms with van der Waals surface area (Å²) in [6, 6.07) is 12.1. The zero-order valence-electron chi connectivity index (χ0n) is 14.6. The van der Waals surface area contributed by atoms with Crippen LogP contribution in [0.2, 0.25) is 0 Å². The van der Waals surface area contributed by atoms with Gasteiger partial charge in [-0.25, -0.2) is 8.42 Å². The van der Waals surface area contributed by atoms with Crippen molar-refractivity contribution in [3.63, 3.8) is 0 Å². The van der Waals surface area contributed by atoms with Gasteiger partial charge in [-0.2, -0.15) is 0 Å². The third kappa shape index (κ3) is 3.69. The molecule has 3 rings (SSSR count). The molecule has 0 unspecified atom stereocenters. The van der Waals surface area contributed by atoms with E-state index in [0.717, 1.165) is 24.0 Å². The highest BCUT2D eigenvalue weighted by Crippen LogP contribution is 2.27. The maximum Gasteiger partial charge on any atom is 0.264 e. The monoisotopic (exact) mass is 358 g/mol. The van der Waals surface area contributed by atoms with E-state index < -0.39 is 10.0 Å². The minimum atomic E-state index is -3.68. The van der Waals surface area contributed by atoms with E-state index in [0.29, 0.717) is 11.3 Å². The maximum absolute atomic E-state index is 12.9. The number of hydrogen-bond donors (Lipinski definition) is 1. The molecule has 1 aliphatic carbocycles. The fourth-order valence-electron chi connectivity index (χ4n) is 2.58. The summed E-state index contributed by atoms with van der Waals surface area (Å²) in [5, 5.41) is 2.93. The Morgan fingerprint density at radius 1 is 1.08 bits per heavy atom. The molecular weight excluding hydrogens is 336 g/mol. The Labute approximate surface area is 148 Å². The van der Waals surface area contributed by atoms with Crippen LogP contribution in [-0.2, 0) is 10.0 Å². The van der Waals surface area contributed by atoms with Gasteiger partial charge >= 0.3 is 0 Å². The molecule has 0 aromatic heterocycles. The van der Waals surface area contributed by atoms with Gasteiger partial charge in [0.15, 0.2) is 0 Å². The predicted octanol–water partition coefficient (Wildman–Crippen LogP) is 3.02. The van der Waals surface area contributed by atoms with E-state index in [4.69, 9.17) is 0 Å². The van der Waals surface area contributed by atoms with Gasteiger partial charge in [0.1, 0.15) is 0 Å². The summed E-state index contributed by atoms with van der Waals surface area (Å²) >= 11 is 0. The molecule has 0 heterocycles. The zero-order chi connectivity index (χ0) is 18.2. The molecule has 0 radical (unpaired) electrons. The topological polar surface area (TPSA) is 66.5 Å². The second-order valence-electron chi connectivity index (χ2n) is 6.53. The van der Waals surface area contributed by atoms with E-state index >= 15 is 0 Å². The van der Waals surface area contributed by atoms with Crippen LogP contribution in [0.4, 0.5) is 5.69 Å². The van der Waals surface area contributed by atoms with Gasteiger partial charge in [-0.05, 0) is 56.5 Å². The third-order valence-corrected chi connectivity index (χ3v) is 6.19. The molecule has 0 saturated heterocycles. The molecule has 0 spiro atoms. The van der Waals surface area contributed by atoms with Crippen molar-refractivity contribution in [1.29, 1.82) is 0 Å². The van der Waals surface area contributed by atoms with Crippen LogP contribution in [0.15, 0.2) is 47.4 Å². The van der Waals surface area contributed by atoms with E-state index in [9.17, 15) is 13.2 Å². The summed E-state index contributed by atoms with van der Waals surface area (Å²) in [5.74, 6) is -0.162. The van der Waals surface area contributed by atoms with E-state index in [1.165, 1.54) is 11.4 Å². The second-order valence-corrected chi connectivity index (χ2v) is 8.50. The van der Waals surface area contributed by atoms with Gasteiger partial charge in [-0.15, -0.1) is 0 Å². The average Bonchev–Trinajstić information content (AvgIpc) is 3.39. The highest BCUT2D eigenvalue weighted by molar-refractivity contribution is 7.92. The standard InChI is InChI=1S/C19H22N2O3S/c1-13-4-10-17(11-5-13)25(23,24)21(3)18-12-15(7-6-14(18)2)19(22)20-16-8-9-16/h4-7,10-12,16H,8-9H2,1-3H3,(H,20,22). The second kappa shape index (κ2) is 6.52. The number of rotatable bonds is 5. The van der Waals surface area contributed by atoms with Gasteiger partial charge in [0, 0.05) is 18.7 Å². The van der Waals surface area contributed by atoms with Gasteiger partial charge in [-0.3, -0.25) is 9.10 Å². The fourth-order valence-corrected chi connectivity index (χ4v) is 3.84. The van der Waals surface area contributed by atoms with Crippen molar-refractivity contribution in [2.75, 3.05) is 11.4 Å². The Balaban J connectivity index is 1.93. The number of carbonyl (C=O) groups is 1. The molecular formula is C19H22N2O3S. The first-order valence-corrected chi connectivity index (χ1v) is 9.70. The van der Waals surface area contributed by atoms with Crippen LogP contribution in [0.5, 0.6) is 0 Å². The molecule has 2 aromatic carbocycles. The van der Waals surface area contributed by atoms with Crippen LogP contribution in [-0.4, -0.2) is 27.4 Å². The van der Waals surface area contributed by atoms with Gasteiger partial charge in [0.2, 0.25) is 0 Å². The third-order valence-electron chi connectivity index (χ3n) is 4.40.